The number of fused-ring (bicyclic) bond motifs is 1. The quantitative estimate of drug-likeness (QED) is 0.805. The topological polar surface area (TPSA) is 63.9 Å². The van der Waals surface area contributed by atoms with Crippen molar-refractivity contribution in [3.63, 3.8) is 0 Å². The summed E-state index contributed by atoms with van der Waals surface area (Å²) in [6.45, 7) is -0.0659. The van der Waals surface area contributed by atoms with Gasteiger partial charge in [-0.15, -0.1) is 0 Å². The van der Waals surface area contributed by atoms with Crippen molar-refractivity contribution < 1.29 is 18.7 Å². The molecule has 0 bridgehead atoms. The first-order chi connectivity index (χ1) is 11.1. The zero-order valence-electron chi connectivity index (χ0n) is 12.9. The Kier molecular flexibility index (Phi) is 4.02. The van der Waals surface area contributed by atoms with Crippen LogP contribution in [0.1, 0.15) is 23.3 Å². The van der Waals surface area contributed by atoms with E-state index in [0.29, 0.717) is 18.7 Å². The Bertz CT molecular complexity index is 712. The Morgan fingerprint density at radius 1 is 1.43 bits per heavy atom. The first-order valence-electron chi connectivity index (χ1n) is 7.48. The van der Waals surface area contributed by atoms with Gasteiger partial charge in [0.1, 0.15) is 0 Å². The maximum Gasteiger partial charge on any atom is 0.313 e. The van der Waals surface area contributed by atoms with E-state index in [1.807, 2.05) is 18.2 Å². The highest BCUT2D eigenvalue weighted by Crippen LogP contribution is 2.36. The van der Waals surface area contributed by atoms with Gasteiger partial charge in [0.25, 0.3) is 5.91 Å². The first kappa shape index (κ1) is 15.5. The Morgan fingerprint density at radius 3 is 2.96 bits per heavy atom. The molecule has 23 heavy (non-hydrogen) atoms. The van der Waals surface area contributed by atoms with E-state index in [1.165, 1.54) is 7.11 Å². The van der Waals surface area contributed by atoms with Gasteiger partial charge in [0.15, 0.2) is 5.69 Å². The van der Waals surface area contributed by atoms with Crippen LogP contribution in [-0.2, 0) is 9.53 Å². The first-order valence-corrected chi connectivity index (χ1v) is 7.48. The highest BCUT2D eigenvalue weighted by Gasteiger charge is 2.47. The van der Waals surface area contributed by atoms with Crippen molar-refractivity contribution in [3.05, 3.63) is 36.2 Å². The fourth-order valence-corrected chi connectivity index (χ4v) is 3.12. The average Bonchev–Trinajstić information content (AvgIpc) is 3.18. The summed E-state index contributed by atoms with van der Waals surface area (Å²) in [6, 6.07) is 7.25. The molecule has 0 spiro atoms. The molecule has 3 rings (SSSR count). The molecule has 2 aromatic rings. The lowest BCUT2D eigenvalue weighted by atomic mass is 9.84. The van der Waals surface area contributed by atoms with Crippen molar-refractivity contribution in [3.8, 4) is 0 Å². The molecule has 1 fully saturated rings. The van der Waals surface area contributed by atoms with Gasteiger partial charge in [0, 0.05) is 19.3 Å². The van der Waals surface area contributed by atoms with Gasteiger partial charge in [-0.25, -0.2) is 4.52 Å². The summed E-state index contributed by atoms with van der Waals surface area (Å²) in [6.07, 6.45) is 2.23. The minimum absolute atomic E-state index is 0.0641. The number of esters is 1. The third kappa shape index (κ3) is 2.67. The van der Waals surface area contributed by atoms with Gasteiger partial charge in [-0.2, -0.15) is 5.10 Å². The van der Waals surface area contributed by atoms with E-state index in [0.717, 1.165) is 5.52 Å². The molecule has 1 unspecified atom stereocenters. The second-order valence-corrected chi connectivity index (χ2v) is 5.79. The molecule has 0 saturated carbocycles. The molecular formula is C16H18FN3O3. The second kappa shape index (κ2) is 5.98. The molecule has 122 valence electrons. The number of aromatic nitrogens is 2. The predicted molar refractivity (Wildman–Crippen MR) is 80.8 cm³/mol. The molecule has 1 aliphatic rings. The summed E-state index contributed by atoms with van der Waals surface area (Å²) in [5.41, 5.74) is 0.188. The van der Waals surface area contributed by atoms with Crippen LogP contribution in [0.15, 0.2) is 30.5 Å². The lowest BCUT2D eigenvalue weighted by molar-refractivity contribution is -0.152. The van der Waals surface area contributed by atoms with Gasteiger partial charge in [-0.1, -0.05) is 6.07 Å². The number of rotatable bonds is 4. The molecule has 2 aromatic heterocycles. The van der Waals surface area contributed by atoms with Gasteiger partial charge < -0.3 is 9.64 Å². The molecule has 0 aromatic carbocycles. The van der Waals surface area contributed by atoms with Gasteiger partial charge in [0.05, 0.1) is 24.7 Å². The molecule has 3 heterocycles. The van der Waals surface area contributed by atoms with Gasteiger partial charge in [-0.3, -0.25) is 14.0 Å². The van der Waals surface area contributed by atoms with Crippen LogP contribution in [0, 0.1) is 5.41 Å². The molecule has 1 amide bonds. The number of hydrogen-bond donors (Lipinski definition) is 0. The molecule has 0 radical (unpaired) electrons. The summed E-state index contributed by atoms with van der Waals surface area (Å²) in [7, 11) is 1.29. The highest BCUT2D eigenvalue weighted by atomic mass is 19.1. The maximum atomic E-state index is 12.9. The molecule has 1 atom stereocenters. The zero-order valence-corrected chi connectivity index (χ0v) is 12.9. The minimum atomic E-state index is -0.946. The minimum Gasteiger partial charge on any atom is -0.469 e. The standard InChI is InChI=1S/C16H18FN3O3/c1-23-15(22)16(5-7-17)6-9-19(11-16)14(21)13-10-12-4-2-3-8-20(12)18-13/h2-4,8,10H,5-7,9,11H2,1H3. The van der Waals surface area contributed by atoms with Crippen molar-refractivity contribution >= 4 is 17.4 Å². The lowest BCUT2D eigenvalue weighted by Gasteiger charge is -2.25. The van der Waals surface area contributed by atoms with Crippen LogP contribution in [-0.4, -0.2) is 53.3 Å². The predicted octanol–water partition coefficient (Wildman–Crippen LogP) is 1.70. The SMILES string of the molecule is COC(=O)C1(CCF)CCN(C(=O)c2cc3ccccn3n2)C1. The lowest BCUT2D eigenvalue weighted by Crippen LogP contribution is -2.38. The van der Waals surface area contributed by atoms with Crippen molar-refractivity contribution in [1.29, 1.82) is 0 Å². The Hall–Kier alpha value is -2.44. The summed E-state index contributed by atoms with van der Waals surface area (Å²) in [5.74, 6) is -0.709. The number of halogens is 1. The van der Waals surface area contributed by atoms with E-state index in [9.17, 15) is 14.0 Å². The number of ether oxygens (including phenoxy) is 1. The van der Waals surface area contributed by atoms with E-state index >= 15 is 0 Å². The van der Waals surface area contributed by atoms with Crippen LogP contribution < -0.4 is 0 Å². The molecular weight excluding hydrogens is 301 g/mol. The van der Waals surface area contributed by atoms with Gasteiger partial charge in [-0.05, 0) is 31.0 Å². The third-order valence-corrected chi connectivity index (χ3v) is 4.42. The van der Waals surface area contributed by atoms with Crippen LogP contribution in [0.3, 0.4) is 0 Å². The molecule has 1 saturated heterocycles. The van der Waals surface area contributed by atoms with E-state index in [-0.39, 0.29) is 18.9 Å². The van der Waals surface area contributed by atoms with E-state index < -0.39 is 18.1 Å². The molecule has 7 heteroatoms. The van der Waals surface area contributed by atoms with Crippen LogP contribution in [0.5, 0.6) is 0 Å². The number of carbonyl (C=O) groups is 2. The van der Waals surface area contributed by atoms with E-state index in [1.54, 1.807) is 21.7 Å². The highest BCUT2D eigenvalue weighted by molar-refractivity contribution is 5.94. The second-order valence-electron chi connectivity index (χ2n) is 5.79. The largest absolute Gasteiger partial charge is 0.469 e. The zero-order chi connectivity index (χ0) is 16.4. The number of pyridine rings is 1. The van der Waals surface area contributed by atoms with E-state index in [4.69, 9.17) is 4.74 Å². The normalized spacial score (nSPS) is 20.9. The van der Waals surface area contributed by atoms with Crippen LogP contribution >= 0.6 is 0 Å². The van der Waals surface area contributed by atoms with Crippen molar-refractivity contribution in [2.24, 2.45) is 5.41 Å². The number of amides is 1. The number of methoxy groups -OCH3 is 1. The molecule has 0 aliphatic carbocycles. The van der Waals surface area contributed by atoms with Gasteiger partial charge >= 0.3 is 5.97 Å². The summed E-state index contributed by atoms with van der Waals surface area (Å²) >= 11 is 0. The number of hydrogen-bond acceptors (Lipinski definition) is 4. The monoisotopic (exact) mass is 319 g/mol. The maximum absolute atomic E-state index is 12.9. The van der Waals surface area contributed by atoms with Crippen molar-refractivity contribution in [1.82, 2.24) is 14.5 Å². The molecule has 0 N–H and O–H groups in total. The fourth-order valence-electron chi connectivity index (χ4n) is 3.12. The van der Waals surface area contributed by atoms with Crippen molar-refractivity contribution in [2.45, 2.75) is 12.8 Å². The number of likely N-dealkylation sites (tertiary alicyclic amines) is 1. The summed E-state index contributed by atoms with van der Waals surface area (Å²) in [5, 5.41) is 4.25. The fraction of sp³-hybridized carbons (Fsp3) is 0.438. The summed E-state index contributed by atoms with van der Waals surface area (Å²) in [4.78, 5) is 26.2. The summed E-state index contributed by atoms with van der Waals surface area (Å²) < 4.78 is 19.3. The Labute approximate surface area is 132 Å². The van der Waals surface area contributed by atoms with Crippen LogP contribution in [0.2, 0.25) is 0 Å². The number of nitrogens with zero attached hydrogens (tertiary/aromatic N) is 3. The molecule has 1 aliphatic heterocycles. The van der Waals surface area contributed by atoms with E-state index in [2.05, 4.69) is 5.10 Å². The number of alkyl halides is 1. The average molecular weight is 319 g/mol. The molecule has 6 nitrogen and oxygen atoms in total. The van der Waals surface area contributed by atoms with Crippen LogP contribution in [0.4, 0.5) is 4.39 Å². The Morgan fingerprint density at radius 2 is 2.26 bits per heavy atom. The number of carbonyl (C=O) groups excluding carboxylic acids is 2. The smallest absolute Gasteiger partial charge is 0.313 e. The van der Waals surface area contributed by atoms with Crippen LogP contribution in [0.25, 0.3) is 5.52 Å². The Balaban J connectivity index is 1.82. The third-order valence-electron chi connectivity index (χ3n) is 4.42. The van der Waals surface area contributed by atoms with Crippen molar-refractivity contribution in [2.75, 3.05) is 26.9 Å². The van der Waals surface area contributed by atoms with Gasteiger partial charge in [0.2, 0.25) is 0 Å².